The van der Waals surface area contributed by atoms with Crippen molar-refractivity contribution in [3.63, 3.8) is 0 Å². The van der Waals surface area contributed by atoms with Crippen LogP contribution < -0.4 is 5.32 Å². The van der Waals surface area contributed by atoms with E-state index in [1.165, 1.54) is 0 Å². The van der Waals surface area contributed by atoms with E-state index in [0.717, 1.165) is 5.57 Å². The number of hydrogen-bond acceptors (Lipinski definition) is 1. The lowest BCUT2D eigenvalue weighted by Crippen LogP contribution is -2.18. The quantitative estimate of drug-likeness (QED) is 0.501. The molecule has 0 aromatic heterocycles. The summed E-state index contributed by atoms with van der Waals surface area (Å²) in [6, 6.07) is 0. The second-order valence-electron chi connectivity index (χ2n) is 2.47. The molecular formula is C10H15NO. The lowest BCUT2D eigenvalue weighted by atomic mass is 10.2. The maximum atomic E-state index is 10.9. The summed E-state index contributed by atoms with van der Waals surface area (Å²) in [4.78, 5) is 10.9. The summed E-state index contributed by atoms with van der Waals surface area (Å²) < 4.78 is 0. The average Bonchev–Trinajstić information content (AvgIpc) is 2.11. The Morgan fingerprint density at radius 3 is 2.42 bits per heavy atom. The Bertz CT molecular complexity index is 236. The summed E-state index contributed by atoms with van der Waals surface area (Å²) in [5.74, 6) is -0.143. The van der Waals surface area contributed by atoms with Gasteiger partial charge < -0.3 is 5.32 Å². The lowest BCUT2D eigenvalue weighted by Gasteiger charge is -1.96. The predicted octanol–water partition coefficient (Wildman–Crippen LogP) is 1.81. The highest BCUT2D eigenvalue weighted by Gasteiger charge is 1.97. The zero-order valence-electron chi connectivity index (χ0n) is 7.85. The Morgan fingerprint density at radius 1 is 1.42 bits per heavy atom. The highest BCUT2D eigenvalue weighted by atomic mass is 16.1. The third kappa shape index (κ3) is 3.76. The van der Waals surface area contributed by atoms with E-state index in [4.69, 9.17) is 0 Å². The molecule has 1 amide bonds. The van der Waals surface area contributed by atoms with Crippen LogP contribution in [0.3, 0.4) is 0 Å². The van der Waals surface area contributed by atoms with E-state index in [0.29, 0.717) is 5.57 Å². The summed E-state index contributed by atoms with van der Waals surface area (Å²) in [5.41, 5.74) is 1.58. The van der Waals surface area contributed by atoms with Crippen molar-refractivity contribution in [2.75, 3.05) is 7.05 Å². The molecule has 0 bridgehead atoms. The van der Waals surface area contributed by atoms with Crippen molar-refractivity contribution in [3.8, 4) is 0 Å². The molecule has 2 heteroatoms. The fourth-order valence-corrected chi connectivity index (χ4v) is 0.565. The van der Waals surface area contributed by atoms with Crippen molar-refractivity contribution >= 4 is 5.91 Å². The number of carbonyl (C=O) groups is 1. The molecule has 0 spiro atoms. The summed E-state index contributed by atoms with van der Waals surface area (Å²) in [5, 5.41) is 2.50. The van der Waals surface area contributed by atoms with Gasteiger partial charge in [0.1, 0.15) is 0 Å². The van der Waals surface area contributed by atoms with E-state index in [2.05, 4.69) is 11.9 Å². The SMILES string of the molecule is C=C(/C=C\C(C)=C\C)C(=O)NC. The van der Waals surface area contributed by atoms with E-state index >= 15 is 0 Å². The van der Waals surface area contributed by atoms with Crippen molar-refractivity contribution in [2.24, 2.45) is 0 Å². The van der Waals surface area contributed by atoms with Crippen LogP contribution in [-0.2, 0) is 4.79 Å². The Balaban J connectivity index is 4.18. The molecule has 2 nitrogen and oxygen atoms in total. The van der Waals surface area contributed by atoms with Gasteiger partial charge in [-0.3, -0.25) is 4.79 Å². The molecule has 0 aliphatic heterocycles. The van der Waals surface area contributed by atoms with Gasteiger partial charge in [-0.25, -0.2) is 0 Å². The number of hydrogen-bond donors (Lipinski definition) is 1. The molecule has 1 N–H and O–H groups in total. The van der Waals surface area contributed by atoms with E-state index in [-0.39, 0.29) is 5.91 Å². The normalized spacial score (nSPS) is 11.8. The maximum absolute atomic E-state index is 10.9. The van der Waals surface area contributed by atoms with Crippen LogP contribution in [0.25, 0.3) is 0 Å². The Morgan fingerprint density at radius 2 is 2.00 bits per heavy atom. The predicted molar refractivity (Wildman–Crippen MR) is 51.8 cm³/mol. The van der Waals surface area contributed by atoms with Crippen molar-refractivity contribution in [2.45, 2.75) is 13.8 Å². The van der Waals surface area contributed by atoms with Gasteiger partial charge >= 0.3 is 0 Å². The van der Waals surface area contributed by atoms with Crippen LogP contribution in [0.4, 0.5) is 0 Å². The number of allylic oxidation sites excluding steroid dienone is 3. The standard InChI is InChI=1S/C10H15NO/c1-5-8(2)6-7-9(3)10(12)11-4/h5-7H,3H2,1-2,4H3,(H,11,12)/b7-6-,8-5+. The van der Waals surface area contributed by atoms with Gasteiger partial charge in [0.15, 0.2) is 0 Å². The van der Waals surface area contributed by atoms with Gasteiger partial charge in [-0.1, -0.05) is 24.3 Å². The van der Waals surface area contributed by atoms with E-state index in [1.807, 2.05) is 26.0 Å². The van der Waals surface area contributed by atoms with Crippen LogP contribution in [0.5, 0.6) is 0 Å². The summed E-state index contributed by atoms with van der Waals surface area (Å²) in [6.45, 7) is 7.52. The highest BCUT2D eigenvalue weighted by molar-refractivity contribution is 5.95. The summed E-state index contributed by atoms with van der Waals surface area (Å²) in [7, 11) is 1.59. The van der Waals surface area contributed by atoms with E-state index < -0.39 is 0 Å². The topological polar surface area (TPSA) is 29.1 Å². The number of carbonyl (C=O) groups excluding carboxylic acids is 1. The maximum Gasteiger partial charge on any atom is 0.250 e. The monoisotopic (exact) mass is 165 g/mol. The molecule has 0 saturated carbocycles. The van der Waals surface area contributed by atoms with Gasteiger partial charge in [0.2, 0.25) is 5.91 Å². The third-order valence-electron chi connectivity index (χ3n) is 1.52. The molecule has 0 heterocycles. The minimum absolute atomic E-state index is 0.143. The third-order valence-corrected chi connectivity index (χ3v) is 1.52. The molecule has 0 aliphatic rings. The van der Waals surface area contributed by atoms with Crippen LogP contribution >= 0.6 is 0 Å². The Hall–Kier alpha value is -1.31. The smallest absolute Gasteiger partial charge is 0.250 e. The minimum atomic E-state index is -0.143. The molecule has 0 radical (unpaired) electrons. The van der Waals surface area contributed by atoms with Crippen LogP contribution in [0.15, 0.2) is 36.0 Å². The van der Waals surface area contributed by atoms with Crippen molar-refractivity contribution in [1.29, 1.82) is 0 Å². The molecule has 0 saturated heterocycles. The van der Waals surface area contributed by atoms with Crippen molar-refractivity contribution in [3.05, 3.63) is 36.0 Å². The number of amides is 1. The fraction of sp³-hybridized carbons (Fsp3) is 0.300. The van der Waals surface area contributed by atoms with Gasteiger partial charge in [0.05, 0.1) is 0 Å². The van der Waals surface area contributed by atoms with Crippen LogP contribution in [0.2, 0.25) is 0 Å². The summed E-state index contributed by atoms with van der Waals surface area (Å²) in [6.07, 6.45) is 5.53. The molecule has 0 aromatic rings. The first-order valence-electron chi connectivity index (χ1n) is 3.83. The largest absolute Gasteiger partial charge is 0.355 e. The van der Waals surface area contributed by atoms with Gasteiger partial charge in [-0.05, 0) is 19.9 Å². The molecule has 0 aromatic carbocycles. The number of nitrogens with one attached hydrogen (secondary N) is 1. The zero-order chi connectivity index (χ0) is 9.56. The molecule has 0 rings (SSSR count). The fourth-order valence-electron chi connectivity index (χ4n) is 0.565. The lowest BCUT2D eigenvalue weighted by molar-refractivity contribution is -0.116. The van der Waals surface area contributed by atoms with E-state index in [1.54, 1.807) is 13.1 Å². The second kappa shape index (κ2) is 5.35. The minimum Gasteiger partial charge on any atom is -0.355 e. The highest BCUT2D eigenvalue weighted by Crippen LogP contribution is 1.98. The molecule has 0 atom stereocenters. The van der Waals surface area contributed by atoms with Gasteiger partial charge in [-0.2, -0.15) is 0 Å². The zero-order valence-corrected chi connectivity index (χ0v) is 7.85. The first kappa shape index (κ1) is 10.7. The number of rotatable bonds is 3. The number of likely N-dealkylation sites (N-methyl/N-ethyl adjacent to an activating group) is 1. The van der Waals surface area contributed by atoms with Gasteiger partial charge in [-0.15, -0.1) is 0 Å². The molecule has 0 fully saturated rings. The molecular weight excluding hydrogens is 150 g/mol. The molecule has 0 aliphatic carbocycles. The van der Waals surface area contributed by atoms with E-state index in [9.17, 15) is 4.79 Å². The first-order valence-corrected chi connectivity index (χ1v) is 3.83. The Labute approximate surface area is 73.7 Å². The molecule has 0 unspecified atom stereocenters. The average molecular weight is 165 g/mol. The van der Waals surface area contributed by atoms with Crippen LogP contribution in [-0.4, -0.2) is 13.0 Å². The van der Waals surface area contributed by atoms with Gasteiger partial charge in [0.25, 0.3) is 0 Å². The van der Waals surface area contributed by atoms with Crippen molar-refractivity contribution < 1.29 is 4.79 Å². The van der Waals surface area contributed by atoms with Crippen LogP contribution in [0, 0.1) is 0 Å². The van der Waals surface area contributed by atoms with Crippen LogP contribution in [0.1, 0.15) is 13.8 Å². The Kier molecular flexibility index (Phi) is 4.77. The van der Waals surface area contributed by atoms with Gasteiger partial charge in [0, 0.05) is 12.6 Å². The van der Waals surface area contributed by atoms with Crippen molar-refractivity contribution in [1.82, 2.24) is 5.32 Å². The molecule has 12 heavy (non-hydrogen) atoms. The second-order valence-corrected chi connectivity index (χ2v) is 2.47. The first-order chi connectivity index (χ1) is 5.61. The summed E-state index contributed by atoms with van der Waals surface area (Å²) >= 11 is 0. The molecule has 66 valence electrons.